The molecule has 2 aromatic rings. The van der Waals surface area contributed by atoms with Crippen molar-refractivity contribution in [1.82, 2.24) is 19.2 Å². The van der Waals surface area contributed by atoms with Crippen molar-refractivity contribution < 1.29 is 9.90 Å². The second-order valence-electron chi connectivity index (χ2n) is 5.94. The molecule has 0 radical (unpaired) electrons. The smallest absolute Gasteiger partial charge is 0.272 e. The number of aryl methyl sites for hydroxylation is 1. The lowest BCUT2D eigenvalue weighted by molar-refractivity contribution is 0.0607. The summed E-state index contributed by atoms with van der Waals surface area (Å²) in [6.07, 6.45) is 3.69. The van der Waals surface area contributed by atoms with Crippen molar-refractivity contribution in [2.24, 2.45) is 0 Å². The minimum atomic E-state index is 0.0656. The predicted molar refractivity (Wildman–Crippen MR) is 88.6 cm³/mol. The zero-order valence-corrected chi connectivity index (χ0v) is 13.6. The Labute approximate surface area is 136 Å². The molecule has 0 unspecified atom stereocenters. The molecule has 3 rings (SSSR count). The van der Waals surface area contributed by atoms with Gasteiger partial charge in [-0.25, -0.2) is 4.98 Å². The van der Waals surface area contributed by atoms with Crippen LogP contribution in [-0.2, 0) is 6.42 Å². The van der Waals surface area contributed by atoms with Crippen molar-refractivity contribution in [2.75, 3.05) is 39.3 Å². The van der Waals surface area contributed by atoms with Crippen LogP contribution in [0.5, 0.6) is 0 Å². The number of carbonyl (C=O) groups is 1. The van der Waals surface area contributed by atoms with E-state index < -0.39 is 0 Å². The first-order valence-corrected chi connectivity index (χ1v) is 8.33. The molecule has 6 heteroatoms. The number of hydrogen-bond donors (Lipinski definition) is 1. The van der Waals surface area contributed by atoms with Gasteiger partial charge in [0.05, 0.1) is 12.3 Å². The van der Waals surface area contributed by atoms with Crippen molar-refractivity contribution in [1.29, 1.82) is 0 Å². The Morgan fingerprint density at radius 2 is 2.04 bits per heavy atom. The Balaban J connectivity index is 1.84. The Kier molecular flexibility index (Phi) is 4.93. The van der Waals surface area contributed by atoms with E-state index in [4.69, 9.17) is 5.11 Å². The van der Waals surface area contributed by atoms with Gasteiger partial charge in [-0.05, 0) is 18.6 Å². The number of piperazine rings is 1. The van der Waals surface area contributed by atoms with Gasteiger partial charge in [-0.1, -0.05) is 19.4 Å². The van der Waals surface area contributed by atoms with Crippen molar-refractivity contribution >= 4 is 11.6 Å². The molecule has 1 aliphatic heterocycles. The van der Waals surface area contributed by atoms with Crippen LogP contribution >= 0.6 is 0 Å². The second-order valence-corrected chi connectivity index (χ2v) is 5.94. The topological polar surface area (TPSA) is 61.1 Å². The normalized spacial score (nSPS) is 16.2. The zero-order valence-electron chi connectivity index (χ0n) is 13.6. The number of rotatable bonds is 5. The Morgan fingerprint density at radius 1 is 1.26 bits per heavy atom. The van der Waals surface area contributed by atoms with Gasteiger partial charge in [0.15, 0.2) is 0 Å². The third-order valence-electron chi connectivity index (χ3n) is 4.37. The molecular weight excluding hydrogens is 292 g/mol. The van der Waals surface area contributed by atoms with Crippen LogP contribution in [0.2, 0.25) is 0 Å². The van der Waals surface area contributed by atoms with E-state index in [1.54, 1.807) is 0 Å². The molecule has 3 heterocycles. The van der Waals surface area contributed by atoms with Gasteiger partial charge in [-0.2, -0.15) is 0 Å². The highest BCUT2D eigenvalue weighted by Gasteiger charge is 2.26. The highest BCUT2D eigenvalue weighted by atomic mass is 16.3. The highest BCUT2D eigenvalue weighted by molar-refractivity contribution is 5.94. The van der Waals surface area contributed by atoms with Crippen molar-refractivity contribution in [3.8, 4) is 0 Å². The van der Waals surface area contributed by atoms with Crippen LogP contribution in [0.4, 0.5) is 0 Å². The lowest BCUT2D eigenvalue weighted by atomic mass is 10.2. The summed E-state index contributed by atoms with van der Waals surface area (Å²) in [4.78, 5) is 21.8. The van der Waals surface area contributed by atoms with Crippen molar-refractivity contribution in [3.05, 3.63) is 35.8 Å². The van der Waals surface area contributed by atoms with Crippen LogP contribution in [0.25, 0.3) is 5.65 Å². The first-order chi connectivity index (χ1) is 11.2. The molecule has 1 fully saturated rings. The average molecular weight is 316 g/mol. The lowest BCUT2D eigenvalue weighted by Gasteiger charge is -2.34. The Hall–Kier alpha value is -1.92. The number of imidazole rings is 1. The number of fused-ring (bicyclic) bond motifs is 1. The minimum absolute atomic E-state index is 0.0656. The number of aliphatic hydroxyl groups is 1. The minimum Gasteiger partial charge on any atom is -0.395 e. The molecule has 2 aromatic heterocycles. The van der Waals surface area contributed by atoms with Gasteiger partial charge in [0.1, 0.15) is 11.3 Å². The van der Waals surface area contributed by atoms with Gasteiger partial charge >= 0.3 is 0 Å². The summed E-state index contributed by atoms with van der Waals surface area (Å²) in [6.45, 7) is 5.97. The fourth-order valence-corrected chi connectivity index (χ4v) is 3.15. The van der Waals surface area contributed by atoms with E-state index in [1.165, 1.54) is 0 Å². The van der Waals surface area contributed by atoms with Crippen LogP contribution in [0.15, 0.2) is 24.4 Å². The molecule has 0 saturated carbocycles. The molecule has 0 aromatic carbocycles. The first kappa shape index (κ1) is 16.0. The third kappa shape index (κ3) is 3.23. The van der Waals surface area contributed by atoms with Crippen LogP contribution in [-0.4, -0.2) is 69.5 Å². The van der Waals surface area contributed by atoms with E-state index in [1.807, 2.05) is 33.7 Å². The van der Waals surface area contributed by atoms with E-state index in [9.17, 15) is 4.79 Å². The number of nitrogens with zero attached hydrogens (tertiary/aromatic N) is 4. The maximum absolute atomic E-state index is 13.0. The Morgan fingerprint density at radius 3 is 2.74 bits per heavy atom. The summed E-state index contributed by atoms with van der Waals surface area (Å²) in [6, 6.07) is 5.81. The SMILES string of the molecule is CCCc1nc2ccccn2c1C(=O)N1CCN(CCO)CC1. The molecule has 0 aliphatic carbocycles. The number of hydrogen-bond acceptors (Lipinski definition) is 4. The molecule has 1 aliphatic rings. The number of β-amino-alcohol motifs (C(OH)–C–C–N with tert-alkyl or cyclic N) is 1. The van der Waals surface area contributed by atoms with E-state index in [0.29, 0.717) is 25.3 Å². The monoisotopic (exact) mass is 316 g/mol. The van der Waals surface area contributed by atoms with Crippen LogP contribution in [0.1, 0.15) is 29.5 Å². The summed E-state index contributed by atoms with van der Waals surface area (Å²) in [7, 11) is 0. The fourth-order valence-electron chi connectivity index (χ4n) is 3.15. The maximum atomic E-state index is 13.0. The summed E-state index contributed by atoms with van der Waals surface area (Å²) in [5.41, 5.74) is 2.43. The third-order valence-corrected chi connectivity index (χ3v) is 4.37. The number of carbonyl (C=O) groups excluding carboxylic acids is 1. The molecule has 6 nitrogen and oxygen atoms in total. The molecule has 0 spiro atoms. The highest BCUT2D eigenvalue weighted by Crippen LogP contribution is 2.17. The zero-order chi connectivity index (χ0) is 16.2. The van der Waals surface area contributed by atoms with Gasteiger partial charge in [0.2, 0.25) is 0 Å². The molecule has 0 bridgehead atoms. The largest absolute Gasteiger partial charge is 0.395 e. The second kappa shape index (κ2) is 7.10. The molecule has 124 valence electrons. The van der Waals surface area contributed by atoms with E-state index >= 15 is 0 Å². The molecular formula is C17H24N4O2. The van der Waals surface area contributed by atoms with E-state index in [0.717, 1.165) is 37.3 Å². The summed E-state index contributed by atoms with van der Waals surface area (Å²) >= 11 is 0. The number of pyridine rings is 1. The van der Waals surface area contributed by atoms with Gasteiger partial charge in [-0.3, -0.25) is 14.1 Å². The van der Waals surface area contributed by atoms with Crippen molar-refractivity contribution in [2.45, 2.75) is 19.8 Å². The average Bonchev–Trinajstić information content (AvgIpc) is 2.93. The standard InChI is InChI=1S/C17H24N4O2/c1-2-5-14-16(21-7-4-3-6-15(21)18-14)17(23)20-10-8-19(9-11-20)12-13-22/h3-4,6-7,22H,2,5,8-13H2,1H3. The number of aliphatic hydroxyl groups excluding tert-OH is 1. The van der Waals surface area contributed by atoms with Gasteiger partial charge in [0, 0.05) is 38.9 Å². The van der Waals surface area contributed by atoms with Gasteiger partial charge < -0.3 is 10.0 Å². The lowest BCUT2D eigenvalue weighted by Crippen LogP contribution is -2.49. The quantitative estimate of drug-likeness (QED) is 0.895. The van der Waals surface area contributed by atoms with E-state index in [2.05, 4.69) is 16.8 Å². The van der Waals surface area contributed by atoms with Crippen LogP contribution < -0.4 is 0 Å². The van der Waals surface area contributed by atoms with Crippen molar-refractivity contribution in [3.63, 3.8) is 0 Å². The van der Waals surface area contributed by atoms with Gasteiger partial charge in [-0.15, -0.1) is 0 Å². The first-order valence-electron chi connectivity index (χ1n) is 8.33. The Bertz CT molecular complexity index is 674. The summed E-state index contributed by atoms with van der Waals surface area (Å²) in [5.74, 6) is 0.0656. The van der Waals surface area contributed by atoms with Crippen LogP contribution in [0.3, 0.4) is 0 Å². The van der Waals surface area contributed by atoms with Gasteiger partial charge in [0.25, 0.3) is 5.91 Å². The van der Waals surface area contributed by atoms with E-state index in [-0.39, 0.29) is 12.5 Å². The van der Waals surface area contributed by atoms with Crippen LogP contribution in [0, 0.1) is 0 Å². The predicted octanol–water partition coefficient (Wildman–Crippen LogP) is 1.04. The number of aromatic nitrogens is 2. The maximum Gasteiger partial charge on any atom is 0.272 e. The molecule has 0 atom stereocenters. The molecule has 23 heavy (non-hydrogen) atoms. The number of amides is 1. The fraction of sp³-hybridized carbons (Fsp3) is 0.529. The molecule has 1 amide bonds. The summed E-state index contributed by atoms with van der Waals surface area (Å²) < 4.78 is 1.91. The summed E-state index contributed by atoms with van der Waals surface area (Å²) in [5, 5.41) is 9.02. The molecule has 1 saturated heterocycles. The molecule has 1 N–H and O–H groups in total.